The van der Waals surface area contributed by atoms with E-state index in [4.69, 9.17) is 0 Å². The molecular weight excluding hydrogens is 250 g/mol. The zero-order valence-electron chi connectivity index (χ0n) is 12.2. The Morgan fingerprint density at radius 1 is 1.11 bits per heavy atom. The molecule has 0 aliphatic heterocycles. The van der Waals surface area contributed by atoms with E-state index in [1.807, 2.05) is 11.3 Å². The van der Waals surface area contributed by atoms with Gasteiger partial charge in [-0.15, -0.1) is 11.3 Å². The van der Waals surface area contributed by atoms with E-state index in [0.29, 0.717) is 12.0 Å². The van der Waals surface area contributed by atoms with Crippen molar-refractivity contribution in [1.29, 1.82) is 0 Å². The summed E-state index contributed by atoms with van der Waals surface area (Å²) >= 11 is 1.91. The van der Waals surface area contributed by atoms with Crippen LogP contribution in [-0.4, -0.2) is 6.54 Å². The van der Waals surface area contributed by atoms with Crippen molar-refractivity contribution in [3.63, 3.8) is 0 Å². The van der Waals surface area contributed by atoms with E-state index >= 15 is 0 Å². The maximum absolute atomic E-state index is 3.59. The summed E-state index contributed by atoms with van der Waals surface area (Å²) < 4.78 is 0. The largest absolute Gasteiger partial charge is 0.309 e. The van der Waals surface area contributed by atoms with Crippen LogP contribution in [0.3, 0.4) is 0 Å². The average molecular weight is 273 g/mol. The Morgan fingerprint density at radius 2 is 1.84 bits per heavy atom. The van der Waals surface area contributed by atoms with Crippen LogP contribution in [-0.2, 0) is 0 Å². The van der Waals surface area contributed by atoms with E-state index < -0.39 is 0 Å². The first-order chi connectivity index (χ1) is 9.13. The molecule has 0 saturated heterocycles. The summed E-state index contributed by atoms with van der Waals surface area (Å²) in [5.41, 5.74) is 2.71. The molecule has 0 saturated carbocycles. The van der Waals surface area contributed by atoms with Crippen LogP contribution < -0.4 is 5.32 Å². The molecule has 0 amide bonds. The van der Waals surface area contributed by atoms with Gasteiger partial charge in [-0.1, -0.05) is 45.0 Å². The fraction of sp³-hybridized carbons (Fsp3) is 0.412. The molecule has 1 aromatic carbocycles. The Bertz CT molecular complexity index is 528. The van der Waals surface area contributed by atoms with Crippen LogP contribution in [0.2, 0.25) is 0 Å². The maximum atomic E-state index is 3.59. The molecule has 1 atom stereocenters. The zero-order valence-corrected chi connectivity index (χ0v) is 13.1. The van der Waals surface area contributed by atoms with Crippen molar-refractivity contribution < 1.29 is 0 Å². The number of nitrogens with one attached hydrogen (secondary N) is 1. The Hall–Kier alpha value is -1.12. The van der Waals surface area contributed by atoms with Gasteiger partial charge in [0.1, 0.15) is 0 Å². The number of thiophene rings is 1. The first kappa shape index (κ1) is 14.3. The minimum absolute atomic E-state index is 0.466. The summed E-state index contributed by atoms with van der Waals surface area (Å²) in [6.07, 6.45) is 0. The molecule has 2 aromatic rings. The van der Waals surface area contributed by atoms with Crippen LogP contribution in [0.25, 0.3) is 10.4 Å². The fourth-order valence-electron chi connectivity index (χ4n) is 2.40. The second-order valence-corrected chi connectivity index (χ2v) is 6.41. The van der Waals surface area contributed by atoms with Gasteiger partial charge in [0.25, 0.3) is 0 Å². The molecule has 1 heterocycles. The molecule has 1 nitrogen and oxygen atoms in total. The smallest absolute Gasteiger partial charge is 0.0438 e. The molecule has 1 aromatic heterocycles. The molecule has 0 aliphatic rings. The molecule has 0 fully saturated rings. The third-order valence-corrected chi connectivity index (χ3v) is 4.64. The van der Waals surface area contributed by atoms with Crippen molar-refractivity contribution in [3.05, 3.63) is 46.8 Å². The van der Waals surface area contributed by atoms with Crippen molar-refractivity contribution in [3.8, 4) is 10.4 Å². The van der Waals surface area contributed by atoms with Crippen molar-refractivity contribution >= 4 is 11.3 Å². The lowest BCUT2D eigenvalue weighted by Crippen LogP contribution is -2.24. The molecule has 2 heteroatoms. The Morgan fingerprint density at radius 3 is 2.47 bits per heavy atom. The predicted octanol–water partition coefficient (Wildman–Crippen LogP) is 5.03. The Kier molecular flexibility index (Phi) is 4.78. The molecule has 0 spiro atoms. The zero-order chi connectivity index (χ0) is 13.8. The highest BCUT2D eigenvalue weighted by molar-refractivity contribution is 7.15. The monoisotopic (exact) mass is 273 g/mol. The lowest BCUT2D eigenvalue weighted by Gasteiger charge is -2.20. The molecule has 0 bridgehead atoms. The van der Waals surface area contributed by atoms with Gasteiger partial charge in [0.15, 0.2) is 0 Å². The fourth-order valence-corrected chi connectivity index (χ4v) is 3.75. The second kappa shape index (κ2) is 6.36. The van der Waals surface area contributed by atoms with E-state index in [0.717, 1.165) is 6.54 Å². The highest BCUT2D eigenvalue weighted by atomic mass is 32.1. The lowest BCUT2D eigenvalue weighted by molar-refractivity contribution is 0.428. The first-order valence-electron chi connectivity index (χ1n) is 7.02. The molecule has 2 rings (SSSR count). The SMILES string of the molecule is CCNC(c1ccc(-c2ccccc2C)s1)C(C)C. The third kappa shape index (κ3) is 3.26. The Balaban J connectivity index is 2.30. The molecule has 102 valence electrons. The van der Waals surface area contributed by atoms with Gasteiger partial charge in [0, 0.05) is 15.8 Å². The average Bonchev–Trinajstić information content (AvgIpc) is 2.85. The second-order valence-electron chi connectivity index (χ2n) is 5.30. The van der Waals surface area contributed by atoms with Gasteiger partial charge in [-0.2, -0.15) is 0 Å². The summed E-state index contributed by atoms with van der Waals surface area (Å²) in [6.45, 7) is 9.92. The molecule has 19 heavy (non-hydrogen) atoms. The number of hydrogen-bond acceptors (Lipinski definition) is 2. The van der Waals surface area contributed by atoms with E-state index in [2.05, 4.69) is 69.4 Å². The van der Waals surface area contributed by atoms with E-state index in [-0.39, 0.29) is 0 Å². The van der Waals surface area contributed by atoms with Gasteiger partial charge in [-0.25, -0.2) is 0 Å². The van der Waals surface area contributed by atoms with Crippen molar-refractivity contribution in [1.82, 2.24) is 5.32 Å². The van der Waals surface area contributed by atoms with Gasteiger partial charge < -0.3 is 5.32 Å². The van der Waals surface area contributed by atoms with Crippen LogP contribution in [0.4, 0.5) is 0 Å². The number of benzene rings is 1. The van der Waals surface area contributed by atoms with Crippen molar-refractivity contribution in [2.24, 2.45) is 5.92 Å². The van der Waals surface area contributed by atoms with E-state index in [1.54, 1.807) is 0 Å². The van der Waals surface area contributed by atoms with Crippen molar-refractivity contribution in [2.75, 3.05) is 6.54 Å². The van der Waals surface area contributed by atoms with E-state index in [9.17, 15) is 0 Å². The number of aryl methyl sites for hydroxylation is 1. The highest BCUT2D eigenvalue weighted by Gasteiger charge is 2.17. The quantitative estimate of drug-likeness (QED) is 0.805. The maximum Gasteiger partial charge on any atom is 0.0438 e. The van der Waals surface area contributed by atoms with Gasteiger partial charge in [-0.3, -0.25) is 0 Å². The lowest BCUT2D eigenvalue weighted by atomic mass is 10.0. The highest BCUT2D eigenvalue weighted by Crippen LogP contribution is 2.35. The number of rotatable bonds is 5. The third-order valence-electron chi connectivity index (χ3n) is 3.43. The minimum Gasteiger partial charge on any atom is -0.309 e. The van der Waals surface area contributed by atoms with Gasteiger partial charge in [0.2, 0.25) is 0 Å². The summed E-state index contributed by atoms with van der Waals surface area (Å²) in [5.74, 6) is 0.614. The molecule has 0 radical (unpaired) electrons. The molecule has 1 unspecified atom stereocenters. The Labute approximate surface area is 120 Å². The summed E-state index contributed by atoms with van der Waals surface area (Å²) in [5, 5.41) is 3.59. The normalized spacial score (nSPS) is 12.9. The number of hydrogen-bond donors (Lipinski definition) is 1. The predicted molar refractivity (Wildman–Crippen MR) is 85.7 cm³/mol. The van der Waals surface area contributed by atoms with Gasteiger partial charge in [-0.05, 0) is 42.6 Å². The van der Waals surface area contributed by atoms with Crippen LogP contribution in [0.15, 0.2) is 36.4 Å². The van der Waals surface area contributed by atoms with Gasteiger partial charge >= 0.3 is 0 Å². The van der Waals surface area contributed by atoms with E-state index in [1.165, 1.54) is 20.9 Å². The molecule has 0 aliphatic carbocycles. The van der Waals surface area contributed by atoms with Gasteiger partial charge in [0.05, 0.1) is 0 Å². The summed E-state index contributed by atoms with van der Waals surface area (Å²) in [7, 11) is 0. The minimum atomic E-state index is 0.466. The van der Waals surface area contributed by atoms with Crippen LogP contribution in [0.5, 0.6) is 0 Å². The van der Waals surface area contributed by atoms with Crippen molar-refractivity contribution in [2.45, 2.75) is 33.7 Å². The van der Waals surface area contributed by atoms with Crippen LogP contribution >= 0.6 is 11.3 Å². The summed E-state index contributed by atoms with van der Waals surface area (Å²) in [4.78, 5) is 2.81. The first-order valence-corrected chi connectivity index (χ1v) is 7.84. The standard InChI is InChI=1S/C17H23NS/c1-5-18-17(12(2)3)16-11-10-15(19-16)14-9-7-6-8-13(14)4/h6-12,17-18H,5H2,1-4H3. The molecule has 1 N–H and O–H groups in total. The summed E-state index contributed by atoms with van der Waals surface area (Å²) in [6, 6.07) is 13.6. The topological polar surface area (TPSA) is 12.0 Å². The van der Waals surface area contributed by atoms with Crippen LogP contribution in [0, 0.1) is 12.8 Å². The van der Waals surface area contributed by atoms with Crippen LogP contribution in [0.1, 0.15) is 37.3 Å². The molecular formula is C17H23NS.